The van der Waals surface area contributed by atoms with Crippen LogP contribution in [-0.4, -0.2) is 62.6 Å². The summed E-state index contributed by atoms with van der Waals surface area (Å²) in [5.41, 5.74) is 1.69. The first-order chi connectivity index (χ1) is 17.0. The Labute approximate surface area is 202 Å². The molecule has 9 nitrogen and oxygen atoms in total. The van der Waals surface area contributed by atoms with Gasteiger partial charge >= 0.3 is 0 Å². The fourth-order valence-corrected chi connectivity index (χ4v) is 4.18. The minimum atomic E-state index is -0.324. The minimum absolute atomic E-state index is 0.0847. The zero-order valence-corrected chi connectivity index (χ0v) is 19.4. The van der Waals surface area contributed by atoms with Crippen LogP contribution >= 0.6 is 0 Å². The van der Waals surface area contributed by atoms with Gasteiger partial charge in [0.1, 0.15) is 11.5 Å². The number of anilines is 2. The van der Waals surface area contributed by atoms with Crippen LogP contribution in [0.4, 0.5) is 11.5 Å². The Morgan fingerprint density at radius 1 is 1.03 bits per heavy atom. The molecule has 2 aromatic carbocycles. The van der Waals surface area contributed by atoms with E-state index in [-0.39, 0.29) is 17.5 Å². The molecule has 1 fully saturated rings. The first-order valence-electron chi connectivity index (χ1n) is 11.4. The molecule has 0 atom stereocenters. The lowest BCUT2D eigenvalue weighted by Gasteiger charge is -2.35. The van der Waals surface area contributed by atoms with E-state index in [1.165, 1.54) is 6.08 Å². The van der Waals surface area contributed by atoms with E-state index in [9.17, 15) is 9.59 Å². The summed E-state index contributed by atoms with van der Waals surface area (Å²) in [4.78, 5) is 38.4. The molecule has 176 valence electrons. The van der Waals surface area contributed by atoms with E-state index in [1.807, 2.05) is 55.7 Å². The van der Waals surface area contributed by atoms with Gasteiger partial charge in [-0.2, -0.15) is 5.10 Å². The molecule has 0 saturated carbocycles. The molecule has 9 heteroatoms. The van der Waals surface area contributed by atoms with Crippen LogP contribution in [0.25, 0.3) is 22.2 Å². The van der Waals surface area contributed by atoms with Crippen molar-refractivity contribution in [3.05, 3.63) is 79.3 Å². The SMILES string of the molecule is C=CC(=O)N1CCN(c2cc(C(=O)Nc3cccc4ccccc34)nc(-c3cnn(C)c3)n2)CC1. The number of nitrogens with zero attached hydrogens (tertiary/aromatic N) is 6. The average Bonchev–Trinajstić information content (AvgIpc) is 3.34. The van der Waals surface area contributed by atoms with Crippen LogP contribution in [0.5, 0.6) is 0 Å². The summed E-state index contributed by atoms with van der Waals surface area (Å²) in [6.45, 7) is 5.85. The predicted octanol–water partition coefficient (Wildman–Crippen LogP) is 3.12. The highest BCUT2D eigenvalue weighted by Gasteiger charge is 2.23. The van der Waals surface area contributed by atoms with E-state index in [0.29, 0.717) is 49.1 Å². The van der Waals surface area contributed by atoms with Crippen molar-refractivity contribution >= 4 is 34.1 Å². The lowest BCUT2D eigenvalue weighted by Crippen LogP contribution is -2.48. The number of aromatic nitrogens is 4. The summed E-state index contributed by atoms with van der Waals surface area (Å²) in [7, 11) is 1.82. The summed E-state index contributed by atoms with van der Waals surface area (Å²) in [6.07, 6.45) is 4.81. The Balaban J connectivity index is 1.47. The molecule has 4 aromatic rings. The second-order valence-electron chi connectivity index (χ2n) is 8.33. The van der Waals surface area contributed by atoms with Crippen LogP contribution in [-0.2, 0) is 11.8 Å². The molecule has 5 rings (SSSR count). The highest BCUT2D eigenvalue weighted by atomic mass is 16.2. The lowest BCUT2D eigenvalue weighted by molar-refractivity contribution is -0.126. The molecule has 1 N–H and O–H groups in total. The van der Waals surface area contributed by atoms with Crippen LogP contribution in [0.15, 0.2) is 73.6 Å². The van der Waals surface area contributed by atoms with Gasteiger partial charge < -0.3 is 15.1 Å². The normalized spacial score (nSPS) is 13.6. The first-order valence-corrected chi connectivity index (χ1v) is 11.4. The topological polar surface area (TPSA) is 96.3 Å². The average molecular weight is 468 g/mol. The van der Waals surface area contributed by atoms with Crippen molar-refractivity contribution in [3.8, 4) is 11.4 Å². The number of benzene rings is 2. The second kappa shape index (κ2) is 9.38. The molecule has 1 aliphatic rings. The number of rotatable bonds is 5. The second-order valence-corrected chi connectivity index (χ2v) is 8.33. The third-order valence-electron chi connectivity index (χ3n) is 6.04. The van der Waals surface area contributed by atoms with Gasteiger partial charge in [-0.3, -0.25) is 14.3 Å². The van der Waals surface area contributed by atoms with E-state index in [0.717, 1.165) is 10.8 Å². The molecule has 2 amide bonds. The van der Waals surface area contributed by atoms with Crippen LogP contribution in [0.3, 0.4) is 0 Å². The monoisotopic (exact) mass is 467 g/mol. The maximum Gasteiger partial charge on any atom is 0.274 e. The molecule has 0 bridgehead atoms. The predicted molar refractivity (Wildman–Crippen MR) is 135 cm³/mol. The molecule has 1 aliphatic heterocycles. The molecule has 0 radical (unpaired) electrons. The lowest BCUT2D eigenvalue weighted by atomic mass is 10.1. The third-order valence-corrected chi connectivity index (χ3v) is 6.04. The number of nitrogens with one attached hydrogen (secondary N) is 1. The maximum atomic E-state index is 13.4. The fraction of sp³-hybridized carbons (Fsp3) is 0.192. The molecule has 0 aliphatic carbocycles. The zero-order chi connectivity index (χ0) is 24.4. The molecule has 0 spiro atoms. The quantitative estimate of drug-likeness (QED) is 0.453. The van der Waals surface area contributed by atoms with Crippen molar-refractivity contribution in [2.24, 2.45) is 7.05 Å². The van der Waals surface area contributed by atoms with E-state index in [4.69, 9.17) is 4.98 Å². The van der Waals surface area contributed by atoms with Crippen molar-refractivity contribution in [1.82, 2.24) is 24.6 Å². The molecule has 1 saturated heterocycles. The van der Waals surface area contributed by atoms with E-state index in [1.54, 1.807) is 21.8 Å². The Morgan fingerprint density at radius 3 is 2.54 bits per heavy atom. The van der Waals surface area contributed by atoms with Gasteiger partial charge in [0, 0.05) is 56.6 Å². The number of carbonyl (C=O) groups excluding carboxylic acids is 2. The molecule has 35 heavy (non-hydrogen) atoms. The zero-order valence-electron chi connectivity index (χ0n) is 19.4. The summed E-state index contributed by atoms with van der Waals surface area (Å²) in [5, 5.41) is 9.22. The van der Waals surface area contributed by atoms with Gasteiger partial charge in [0.2, 0.25) is 5.91 Å². The first kappa shape index (κ1) is 22.3. The molecular weight excluding hydrogens is 442 g/mol. The Hall–Kier alpha value is -4.53. The van der Waals surface area contributed by atoms with Gasteiger partial charge in [-0.1, -0.05) is 43.0 Å². The number of piperazine rings is 1. The van der Waals surface area contributed by atoms with Crippen molar-refractivity contribution < 1.29 is 9.59 Å². The molecular formula is C26H25N7O2. The third kappa shape index (κ3) is 4.61. The number of hydrogen-bond donors (Lipinski definition) is 1. The summed E-state index contributed by atoms with van der Waals surface area (Å²) in [6, 6.07) is 15.4. The van der Waals surface area contributed by atoms with Crippen molar-refractivity contribution in [2.45, 2.75) is 0 Å². The largest absolute Gasteiger partial charge is 0.353 e. The van der Waals surface area contributed by atoms with Gasteiger partial charge in [0.05, 0.1) is 11.8 Å². The van der Waals surface area contributed by atoms with Crippen molar-refractivity contribution in [1.29, 1.82) is 0 Å². The Kier molecular flexibility index (Phi) is 5.97. The summed E-state index contributed by atoms with van der Waals surface area (Å²) >= 11 is 0. The number of amides is 2. The van der Waals surface area contributed by atoms with Gasteiger partial charge in [-0.25, -0.2) is 9.97 Å². The van der Waals surface area contributed by atoms with E-state index in [2.05, 4.69) is 26.9 Å². The summed E-state index contributed by atoms with van der Waals surface area (Å²) < 4.78 is 1.67. The molecule has 0 unspecified atom stereocenters. The van der Waals surface area contributed by atoms with Gasteiger partial charge in [-0.05, 0) is 17.5 Å². The Morgan fingerprint density at radius 2 is 1.80 bits per heavy atom. The Bertz CT molecular complexity index is 1420. The number of hydrogen-bond acceptors (Lipinski definition) is 6. The van der Waals surface area contributed by atoms with Gasteiger partial charge in [0.25, 0.3) is 5.91 Å². The number of fused-ring (bicyclic) bond motifs is 1. The minimum Gasteiger partial charge on any atom is -0.353 e. The van der Waals surface area contributed by atoms with E-state index < -0.39 is 0 Å². The van der Waals surface area contributed by atoms with Crippen LogP contribution in [0.2, 0.25) is 0 Å². The standard InChI is InChI=1S/C26H25N7O2/c1-3-24(34)33-13-11-32(12-14-33)23-15-22(28-25(30-23)19-16-27-31(2)17-19)26(35)29-21-10-6-8-18-7-4-5-9-20(18)21/h3-10,15-17H,1,11-14H2,2H3,(H,29,35). The highest BCUT2D eigenvalue weighted by Crippen LogP contribution is 2.25. The smallest absolute Gasteiger partial charge is 0.274 e. The summed E-state index contributed by atoms with van der Waals surface area (Å²) in [5.74, 6) is 0.644. The molecule has 3 heterocycles. The van der Waals surface area contributed by atoms with Crippen LogP contribution in [0.1, 0.15) is 10.5 Å². The van der Waals surface area contributed by atoms with Crippen molar-refractivity contribution in [3.63, 3.8) is 0 Å². The van der Waals surface area contributed by atoms with Crippen LogP contribution < -0.4 is 10.2 Å². The highest BCUT2D eigenvalue weighted by molar-refractivity contribution is 6.08. The van der Waals surface area contributed by atoms with E-state index >= 15 is 0 Å². The number of aryl methyl sites for hydroxylation is 1. The fourth-order valence-electron chi connectivity index (χ4n) is 4.18. The van der Waals surface area contributed by atoms with Crippen LogP contribution in [0, 0.1) is 0 Å². The number of carbonyl (C=O) groups is 2. The van der Waals surface area contributed by atoms with Gasteiger partial charge in [-0.15, -0.1) is 0 Å². The van der Waals surface area contributed by atoms with Gasteiger partial charge in [0.15, 0.2) is 5.82 Å². The maximum absolute atomic E-state index is 13.4. The molecule has 2 aromatic heterocycles. The van der Waals surface area contributed by atoms with Crippen molar-refractivity contribution in [2.75, 3.05) is 36.4 Å².